The minimum Gasteiger partial charge on any atom is -0.458 e. The lowest BCUT2D eigenvalue weighted by atomic mass is 9.88. The molecule has 0 N–H and O–H groups in total. The second-order valence-corrected chi connectivity index (χ2v) is 9.16. The largest absolute Gasteiger partial charge is 0.534 e. The number of allylic oxidation sites excluding steroid dienone is 1. The first-order chi connectivity index (χ1) is 15.9. The maximum absolute atomic E-state index is 13.0. The fourth-order valence-corrected chi connectivity index (χ4v) is 3.81. The average Bonchev–Trinajstić information content (AvgIpc) is 2.79. The van der Waals surface area contributed by atoms with Crippen LogP contribution in [-0.4, -0.2) is 31.5 Å². The molecule has 0 amide bonds. The van der Waals surface area contributed by atoms with Gasteiger partial charge in [0.05, 0.1) is 5.56 Å². The lowest BCUT2D eigenvalue weighted by Gasteiger charge is -2.33. The van der Waals surface area contributed by atoms with E-state index in [0.29, 0.717) is 11.1 Å². The Kier molecular flexibility index (Phi) is 7.35. The first kappa shape index (κ1) is 25.3. The lowest BCUT2D eigenvalue weighted by molar-refractivity contribution is -0.169. The van der Waals surface area contributed by atoms with Crippen LogP contribution in [0.4, 0.5) is 13.2 Å². The van der Waals surface area contributed by atoms with Crippen LogP contribution in [0.3, 0.4) is 0 Å². The summed E-state index contributed by atoms with van der Waals surface area (Å²) in [6.45, 7) is 1.55. The van der Waals surface area contributed by atoms with E-state index in [-0.39, 0.29) is 18.6 Å². The van der Waals surface area contributed by atoms with Crippen molar-refractivity contribution in [1.82, 2.24) is 0 Å². The van der Waals surface area contributed by atoms with E-state index >= 15 is 0 Å². The number of hydrogen-bond donors (Lipinski definition) is 0. The van der Waals surface area contributed by atoms with Crippen molar-refractivity contribution in [1.29, 1.82) is 0 Å². The third kappa shape index (κ3) is 5.77. The van der Waals surface area contributed by atoms with Gasteiger partial charge in [0, 0.05) is 19.3 Å². The molecule has 0 spiro atoms. The Hall–Kier alpha value is -3.34. The molecule has 0 aromatic heterocycles. The maximum Gasteiger partial charge on any atom is 0.534 e. The summed E-state index contributed by atoms with van der Waals surface area (Å²) < 4.78 is 75.6. The van der Waals surface area contributed by atoms with E-state index in [0.717, 1.165) is 6.08 Å². The predicted octanol–water partition coefficient (Wildman–Crippen LogP) is 4.57. The van der Waals surface area contributed by atoms with Gasteiger partial charge in [0.1, 0.15) is 12.4 Å². The van der Waals surface area contributed by atoms with Crippen molar-refractivity contribution in [2.45, 2.75) is 43.9 Å². The highest BCUT2D eigenvalue weighted by Gasteiger charge is 2.51. The van der Waals surface area contributed by atoms with Gasteiger partial charge in [-0.25, -0.2) is 9.59 Å². The highest BCUT2D eigenvalue weighted by Crippen LogP contribution is 2.36. The van der Waals surface area contributed by atoms with E-state index in [1.165, 1.54) is 6.07 Å². The summed E-state index contributed by atoms with van der Waals surface area (Å²) in [5, 5.41) is 0. The minimum absolute atomic E-state index is 0.126. The second-order valence-electron chi connectivity index (χ2n) is 7.62. The zero-order chi connectivity index (χ0) is 25.0. The van der Waals surface area contributed by atoms with Crippen LogP contribution in [0, 0.1) is 6.92 Å². The molecule has 1 atom stereocenters. The molecular weight excluding hydrogens is 477 g/mol. The third-order valence-electron chi connectivity index (χ3n) is 5.17. The van der Waals surface area contributed by atoms with Crippen molar-refractivity contribution < 1.29 is 44.8 Å². The average molecular weight is 498 g/mol. The summed E-state index contributed by atoms with van der Waals surface area (Å²) in [4.78, 5) is 25.9. The molecule has 0 fully saturated rings. The Bertz CT molecular complexity index is 1190. The van der Waals surface area contributed by atoms with Gasteiger partial charge in [-0.15, -0.1) is 0 Å². The van der Waals surface area contributed by atoms with Gasteiger partial charge in [0.25, 0.3) is 0 Å². The van der Waals surface area contributed by atoms with Crippen LogP contribution in [0.1, 0.15) is 40.7 Å². The van der Waals surface area contributed by atoms with Gasteiger partial charge in [-0.1, -0.05) is 48.5 Å². The lowest BCUT2D eigenvalue weighted by Crippen LogP contribution is -2.46. The van der Waals surface area contributed by atoms with Crippen LogP contribution in [0.25, 0.3) is 0 Å². The number of aryl methyl sites for hydroxylation is 1. The minimum atomic E-state index is -5.87. The van der Waals surface area contributed by atoms with E-state index in [1.807, 2.05) is 0 Å². The fraction of sp³-hybridized carbons (Fsp3) is 0.304. The first-order valence-electron chi connectivity index (χ1n) is 10.1. The zero-order valence-electron chi connectivity index (χ0n) is 18.0. The van der Waals surface area contributed by atoms with Gasteiger partial charge in [-0.2, -0.15) is 21.6 Å². The van der Waals surface area contributed by atoms with E-state index < -0.39 is 51.8 Å². The molecule has 1 aliphatic rings. The van der Waals surface area contributed by atoms with Crippen molar-refractivity contribution in [2.24, 2.45) is 0 Å². The van der Waals surface area contributed by atoms with Crippen LogP contribution >= 0.6 is 0 Å². The molecule has 182 valence electrons. The Morgan fingerprint density at radius 1 is 1.03 bits per heavy atom. The number of rotatable bonds is 7. The van der Waals surface area contributed by atoms with Crippen LogP contribution in [-0.2, 0) is 35.2 Å². The number of carbonyl (C=O) groups excluding carboxylic acids is 2. The molecule has 0 bridgehead atoms. The molecule has 0 aliphatic heterocycles. The van der Waals surface area contributed by atoms with E-state index in [9.17, 15) is 31.2 Å². The Labute approximate surface area is 194 Å². The van der Waals surface area contributed by atoms with E-state index in [1.54, 1.807) is 55.5 Å². The number of alkyl halides is 3. The van der Waals surface area contributed by atoms with Gasteiger partial charge in [-0.05, 0) is 30.2 Å². The van der Waals surface area contributed by atoms with Crippen molar-refractivity contribution in [3.8, 4) is 0 Å². The Morgan fingerprint density at radius 2 is 1.68 bits per heavy atom. The molecular formula is C23H21F3O7S. The molecule has 0 heterocycles. The molecule has 2 aromatic rings. The third-order valence-corrected chi connectivity index (χ3v) is 6.17. The molecule has 0 radical (unpaired) electrons. The zero-order valence-corrected chi connectivity index (χ0v) is 18.8. The van der Waals surface area contributed by atoms with Gasteiger partial charge >= 0.3 is 27.6 Å². The molecule has 0 saturated heterocycles. The normalized spacial score (nSPS) is 18.5. The predicted molar refractivity (Wildman–Crippen MR) is 114 cm³/mol. The molecule has 34 heavy (non-hydrogen) atoms. The van der Waals surface area contributed by atoms with Crippen molar-refractivity contribution in [3.63, 3.8) is 0 Å². The fourth-order valence-electron chi connectivity index (χ4n) is 3.28. The molecule has 3 rings (SSSR count). The summed E-state index contributed by atoms with van der Waals surface area (Å²) in [6, 6.07) is 15.2. The van der Waals surface area contributed by atoms with E-state index in [2.05, 4.69) is 4.18 Å². The van der Waals surface area contributed by atoms with Gasteiger partial charge in [0.15, 0.2) is 0 Å². The number of benzene rings is 2. The quantitative estimate of drug-likeness (QED) is 0.314. The highest BCUT2D eigenvalue weighted by atomic mass is 32.2. The number of esters is 2. The topological polar surface area (TPSA) is 96.0 Å². The van der Waals surface area contributed by atoms with Crippen LogP contribution in [0.15, 0.2) is 66.4 Å². The number of carbonyl (C=O) groups is 2. The second kappa shape index (κ2) is 9.88. The molecule has 11 heteroatoms. The number of ether oxygens (including phenoxy) is 2. The molecule has 7 nitrogen and oxygen atoms in total. The highest BCUT2D eigenvalue weighted by molar-refractivity contribution is 7.87. The summed E-state index contributed by atoms with van der Waals surface area (Å²) in [6.07, 6.45) is -0.184. The summed E-state index contributed by atoms with van der Waals surface area (Å²) >= 11 is 0. The van der Waals surface area contributed by atoms with Crippen LogP contribution in [0.2, 0.25) is 0 Å². The Morgan fingerprint density at radius 3 is 2.26 bits per heavy atom. The van der Waals surface area contributed by atoms with Crippen molar-refractivity contribution in [2.75, 3.05) is 0 Å². The van der Waals surface area contributed by atoms with Gasteiger partial charge in [-0.3, -0.25) is 0 Å². The molecule has 1 aliphatic carbocycles. The Balaban J connectivity index is 1.84. The number of hydrogen-bond acceptors (Lipinski definition) is 7. The summed E-state index contributed by atoms with van der Waals surface area (Å²) in [5.74, 6) is -2.24. The van der Waals surface area contributed by atoms with Gasteiger partial charge in [0.2, 0.25) is 5.60 Å². The van der Waals surface area contributed by atoms with Gasteiger partial charge < -0.3 is 13.7 Å². The van der Waals surface area contributed by atoms with Crippen LogP contribution in [0.5, 0.6) is 0 Å². The standard InChI is InChI=1S/C23H21F3O7S/c1-16-7-5-6-10-19(16)20(27)32-22(21(28)31-15-17-8-3-2-4-9-17)13-11-18(12-14-22)33-34(29,30)23(24,25)26/h2-11H,12-15H2,1H3. The van der Waals surface area contributed by atoms with E-state index in [4.69, 9.17) is 9.47 Å². The van der Waals surface area contributed by atoms with Crippen LogP contribution < -0.4 is 0 Å². The summed E-state index contributed by atoms with van der Waals surface area (Å²) in [7, 11) is -5.87. The maximum atomic E-state index is 13.0. The van der Waals surface area contributed by atoms with Crippen molar-refractivity contribution in [3.05, 3.63) is 83.1 Å². The molecule has 1 unspecified atom stereocenters. The molecule has 0 saturated carbocycles. The smallest absolute Gasteiger partial charge is 0.458 e. The monoisotopic (exact) mass is 498 g/mol. The first-order valence-corrected chi connectivity index (χ1v) is 11.5. The van der Waals surface area contributed by atoms with Crippen molar-refractivity contribution >= 4 is 22.1 Å². The SMILES string of the molecule is Cc1ccccc1C(=O)OC1(C(=O)OCc2ccccc2)CC=C(OS(=O)(=O)C(F)(F)F)CC1. The summed E-state index contributed by atoms with van der Waals surface area (Å²) in [5.41, 5.74) is -6.02. The molecule has 2 aromatic carbocycles. The number of halogens is 3.